The van der Waals surface area contributed by atoms with Crippen molar-refractivity contribution >= 4 is 11.5 Å². The number of aromatic nitrogens is 4. The smallest absolute Gasteiger partial charge is 0.352 e. The summed E-state index contributed by atoms with van der Waals surface area (Å²) in [6.45, 7) is 1.52. The van der Waals surface area contributed by atoms with Crippen molar-refractivity contribution in [3.8, 4) is 0 Å². The molecule has 3 saturated heterocycles. The quantitative estimate of drug-likeness (QED) is 0.835. The van der Waals surface area contributed by atoms with Gasteiger partial charge in [0.1, 0.15) is 5.82 Å². The number of halogens is 3. The van der Waals surface area contributed by atoms with Crippen molar-refractivity contribution in [2.75, 3.05) is 18.0 Å². The van der Waals surface area contributed by atoms with Crippen LogP contribution in [-0.2, 0) is 6.18 Å². The van der Waals surface area contributed by atoms with Crippen molar-refractivity contribution in [2.45, 2.75) is 24.7 Å². The second-order valence-electron chi connectivity index (χ2n) is 5.18. The summed E-state index contributed by atoms with van der Waals surface area (Å²) < 4.78 is 39.2. The van der Waals surface area contributed by atoms with Gasteiger partial charge in [-0.15, -0.1) is 15.3 Å². The highest BCUT2D eigenvalue weighted by molar-refractivity contribution is 5.47. The predicted molar refractivity (Wildman–Crippen MR) is 63.3 cm³/mol. The molecule has 106 valence electrons. The lowest BCUT2D eigenvalue weighted by Crippen LogP contribution is -2.67. The van der Waals surface area contributed by atoms with Gasteiger partial charge < -0.3 is 10.2 Å². The van der Waals surface area contributed by atoms with Crippen LogP contribution in [0.1, 0.15) is 12.2 Å². The minimum absolute atomic E-state index is 0.0985. The molecule has 0 radical (unpaired) electrons. The lowest BCUT2D eigenvalue weighted by molar-refractivity contribution is -0.146. The maximum absolute atomic E-state index is 12.8. The first-order valence-electron chi connectivity index (χ1n) is 6.31. The molecular weight excluding hydrogens is 273 g/mol. The summed E-state index contributed by atoms with van der Waals surface area (Å²) in [6.07, 6.45) is -3.43. The fourth-order valence-electron chi connectivity index (χ4n) is 2.83. The van der Waals surface area contributed by atoms with E-state index in [1.54, 1.807) is 6.07 Å². The van der Waals surface area contributed by atoms with Crippen molar-refractivity contribution in [2.24, 2.45) is 0 Å². The molecule has 3 aliphatic rings. The highest BCUT2D eigenvalue weighted by atomic mass is 19.4. The van der Waals surface area contributed by atoms with Gasteiger partial charge in [-0.2, -0.15) is 17.7 Å². The highest BCUT2D eigenvalue weighted by Gasteiger charge is 2.39. The van der Waals surface area contributed by atoms with Gasteiger partial charge in [0.25, 0.3) is 5.82 Å². The van der Waals surface area contributed by atoms with Crippen LogP contribution < -0.4 is 10.2 Å². The Hall–Kier alpha value is -1.90. The number of hydrogen-bond acceptors (Lipinski definition) is 5. The van der Waals surface area contributed by atoms with Gasteiger partial charge in [0.15, 0.2) is 5.65 Å². The Bertz CT molecular complexity index is 650. The molecule has 6 nitrogen and oxygen atoms in total. The lowest BCUT2D eigenvalue weighted by atomic mass is 9.91. The molecule has 5 rings (SSSR count). The number of nitrogens with zero attached hydrogens (tertiary/aromatic N) is 5. The van der Waals surface area contributed by atoms with Crippen LogP contribution in [0, 0.1) is 0 Å². The van der Waals surface area contributed by atoms with Crippen molar-refractivity contribution in [3.63, 3.8) is 0 Å². The van der Waals surface area contributed by atoms with E-state index < -0.39 is 12.0 Å². The van der Waals surface area contributed by atoms with Crippen molar-refractivity contribution in [1.82, 2.24) is 25.1 Å². The van der Waals surface area contributed by atoms with E-state index in [9.17, 15) is 13.2 Å². The third-order valence-electron chi connectivity index (χ3n) is 3.75. The molecule has 0 aliphatic carbocycles. The van der Waals surface area contributed by atoms with Crippen LogP contribution in [0.15, 0.2) is 12.1 Å². The van der Waals surface area contributed by atoms with Gasteiger partial charge in [-0.05, 0) is 18.6 Å². The number of piperazine rings is 1. The number of piperidine rings is 1. The van der Waals surface area contributed by atoms with E-state index in [1.807, 2.05) is 4.90 Å². The van der Waals surface area contributed by atoms with Crippen molar-refractivity contribution in [1.29, 1.82) is 0 Å². The third-order valence-corrected chi connectivity index (χ3v) is 3.75. The zero-order valence-electron chi connectivity index (χ0n) is 10.3. The number of rotatable bonds is 1. The Balaban J connectivity index is 1.74. The summed E-state index contributed by atoms with van der Waals surface area (Å²) in [4.78, 5) is 1.99. The van der Waals surface area contributed by atoms with Crippen LogP contribution >= 0.6 is 0 Å². The molecule has 0 amide bonds. The van der Waals surface area contributed by atoms with Gasteiger partial charge in [0.2, 0.25) is 0 Å². The van der Waals surface area contributed by atoms with E-state index in [2.05, 4.69) is 20.6 Å². The minimum Gasteiger partial charge on any atom is -0.352 e. The highest BCUT2D eigenvalue weighted by Crippen LogP contribution is 2.29. The van der Waals surface area contributed by atoms with Gasteiger partial charge in [-0.1, -0.05) is 0 Å². The number of alkyl halides is 3. The molecule has 2 unspecified atom stereocenters. The standard InChI is InChI=1S/C11H11F3N6/c12-11(13,14)10-17-16-8-1-2-9(18-20(8)10)19-4-6-3-7(5-19)15-6/h1-2,6-7,15H,3-5H2. The van der Waals surface area contributed by atoms with E-state index in [0.717, 1.165) is 24.0 Å². The molecule has 2 aromatic heterocycles. The monoisotopic (exact) mass is 284 g/mol. The molecule has 2 atom stereocenters. The summed E-state index contributed by atoms with van der Waals surface area (Å²) in [5.74, 6) is -0.561. The first-order chi connectivity index (χ1) is 9.50. The zero-order chi connectivity index (χ0) is 13.9. The van der Waals surface area contributed by atoms with Crippen molar-refractivity contribution < 1.29 is 13.2 Å². The molecule has 0 aromatic carbocycles. The van der Waals surface area contributed by atoms with Gasteiger partial charge in [-0.3, -0.25) is 0 Å². The number of anilines is 1. The molecule has 3 aliphatic heterocycles. The van der Waals surface area contributed by atoms with Crippen LogP contribution in [0.25, 0.3) is 5.65 Å². The summed E-state index contributed by atoms with van der Waals surface area (Å²) in [6, 6.07) is 4.02. The Morgan fingerprint density at radius 3 is 2.50 bits per heavy atom. The fraction of sp³-hybridized carbons (Fsp3) is 0.545. The molecule has 2 bridgehead atoms. The van der Waals surface area contributed by atoms with Gasteiger partial charge >= 0.3 is 6.18 Å². The molecule has 2 aromatic rings. The van der Waals surface area contributed by atoms with Crippen molar-refractivity contribution in [3.05, 3.63) is 18.0 Å². The predicted octanol–water partition coefficient (Wildman–Crippen LogP) is 0.694. The Labute approximate surface area is 111 Å². The first-order valence-corrected chi connectivity index (χ1v) is 6.31. The maximum atomic E-state index is 12.8. The SMILES string of the molecule is FC(F)(F)c1nnc2ccc(N3CC4CC(C3)N4)nn12. The van der Waals surface area contributed by atoms with E-state index in [1.165, 1.54) is 6.07 Å². The topological polar surface area (TPSA) is 58.4 Å². The molecule has 3 fully saturated rings. The second-order valence-corrected chi connectivity index (χ2v) is 5.18. The Morgan fingerprint density at radius 2 is 1.85 bits per heavy atom. The van der Waals surface area contributed by atoms with E-state index in [-0.39, 0.29) is 5.65 Å². The lowest BCUT2D eigenvalue weighted by Gasteiger charge is -2.48. The average molecular weight is 284 g/mol. The molecule has 0 spiro atoms. The average Bonchev–Trinajstić information content (AvgIpc) is 2.80. The van der Waals surface area contributed by atoms with Crippen LogP contribution in [0.5, 0.6) is 0 Å². The number of fused-ring (bicyclic) bond motifs is 3. The van der Waals surface area contributed by atoms with Crippen LogP contribution in [0.2, 0.25) is 0 Å². The molecule has 1 N–H and O–H groups in total. The van der Waals surface area contributed by atoms with E-state index in [4.69, 9.17) is 0 Å². The summed E-state index contributed by atoms with van der Waals surface area (Å²) >= 11 is 0. The first kappa shape index (κ1) is 11.9. The van der Waals surface area contributed by atoms with Gasteiger partial charge in [0, 0.05) is 25.2 Å². The zero-order valence-corrected chi connectivity index (χ0v) is 10.3. The summed E-state index contributed by atoms with van der Waals surface area (Å²) in [5.41, 5.74) is 0.0985. The van der Waals surface area contributed by atoms with Crippen LogP contribution in [-0.4, -0.2) is 45.0 Å². The number of nitrogens with one attached hydrogen (secondary N) is 1. The summed E-state index contributed by atoms with van der Waals surface area (Å²) in [5, 5.41) is 14.1. The maximum Gasteiger partial charge on any atom is 0.453 e. The van der Waals surface area contributed by atoms with Crippen LogP contribution in [0.4, 0.5) is 19.0 Å². The largest absolute Gasteiger partial charge is 0.453 e. The Kier molecular flexibility index (Phi) is 2.27. The summed E-state index contributed by atoms with van der Waals surface area (Å²) in [7, 11) is 0. The molecular formula is C11H11F3N6. The van der Waals surface area contributed by atoms with E-state index >= 15 is 0 Å². The molecule has 20 heavy (non-hydrogen) atoms. The van der Waals surface area contributed by atoms with Crippen LogP contribution in [0.3, 0.4) is 0 Å². The minimum atomic E-state index is -4.56. The fourth-order valence-corrected chi connectivity index (χ4v) is 2.83. The second kappa shape index (κ2) is 3.81. The normalized spacial score (nSPS) is 25.9. The van der Waals surface area contributed by atoms with E-state index in [0.29, 0.717) is 17.9 Å². The third kappa shape index (κ3) is 1.73. The molecule has 9 heteroatoms. The van der Waals surface area contributed by atoms with Gasteiger partial charge in [0.05, 0.1) is 0 Å². The Morgan fingerprint density at radius 1 is 1.15 bits per heavy atom. The van der Waals surface area contributed by atoms with Gasteiger partial charge in [-0.25, -0.2) is 0 Å². The number of hydrogen-bond donors (Lipinski definition) is 1. The molecule has 0 saturated carbocycles. The molecule has 5 heterocycles.